The number of β-amino-alcohol motifs (C(OH)–C–C–N with tert-alkyl or cyclic N) is 1. The molecule has 2 fully saturated rings. The van der Waals surface area contributed by atoms with Crippen LogP contribution < -0.4 is 0 Å². The molecule has 3 heteroatoms. The lowest BCUT2D eigenvalue weighted by Gasteiger charge is -2.22. The van der Waals surface area contributed by atoms with Gasteiger partial charge in [0.25, 0.3) is 0 Å². The molecular weight excluding hydrogens is 152 g/mol. The summed E-state index contributed by atoms with van der Waals surface area (Å²) < 4.78 is 0. The van der Waals surface area contributed by atoms with Gasteiger partial charge in [-0.25, -0.2) is 0 Å². The van der Waals surface area contributed by atoms with Crippen molar-refractivity contribution in [2.45, 2.75) is 25.0 Å². The van der Waals surface area contributed by atoms with E-state index < -0.39 is 0 Å². The standard InChI is InChI=1S/C9H18N2O/c1-10-4-2-8(6-10)11-5-3-9(12)7-11/h8-9,12H,2-7H2,1H3. The van der Waals surface area contributed by atoms with E-state index in [2.05, 4.69) is 16.8 Å². The summed E-state index contributed by atoms with van der Waals surface area (Å²) in [4.78, 5) is 4.81. The van der Waals surface area contributed by atoms with Crippen LogP contribution in [0.15, 0.2) is 0 Å². The number of rotatable bonds is 1. The van der Waals surface area contributed by atoms with E-state index in [4.69, 9.17) is 0 Å². The van der Waals surface area contributed by atoms with Crippen LogP contribution in [0.4, 0.5) is 0 Å². The fourth-order valence-electron chi connectivity index (χ4n) is 2.31. The normalized spacial score (nSPS) is 39.5. The smallest absolute Gasteiger partial charge is 0.0679 e. The Morgan fingerprint density at radius 1 is 1.17 bits per heavy atom. The van der Waals surface area contributed by atoms with Gasteiger partial charge < -0.3 is 10.0 Å². The Bertz CT molecular complexity index is 145. The zero-order valence-electron chi connectivity index (χ0n) is 7.74. The maximum atomic E-state index is 9.37. The van der Waals surface area contributed by atoms with Gasteiger partial charge in [0, 0.05) is 25.7 Å². The van der Waals surface area contributed by atoms with Gasteiger partial charge in [-0.15, -0.1) is 0 Å². The third-order valence-corrected chi connectivity index (χ3v) is 3.08. The summed E-state index contributed by atoms with van der Waals surface area (Å²) in [7, 11) is 2.17. The molecule has 0 spiro atoms. The molecule has 3 nitrogen and oxygen atoms in total. The lowest BCUT2D eigenvalue weighted by molar-refractivity contribution is 0.160. The van der Waals surface area contributed by atoms with Gasteiger partial charge in [-0.1, -0.05) is 0 Å². The molecule has 70 valence electrons. The third kappa shape index (κ3) is 1.63. The molecule has 1 N–H and O–H groups in total. The second-order valence-electron chi connectivity index (χ2n) is 4.14. The van der Waals surface area contributed by atoms with Crippen molar-refractivity contribution in [1.82, 2.24) is 9.80 Å². The Morgan fingerprint density at radius 3 is 2.50 bits per heavy atom. The Labute approximate surface area is 74.0 Å². The summed E-state index contributed by atoms with van der Waals surface area (Å²) >= 11 is 0. The van der Waals surface area contributed by atoms with Crippen LogP contribution in [0.25, 0.3) is 0 Å². The van der Waals surface area contributed by atoms with Crippen molar-refractivity contribution in [2.75, 3.05) is 33.2 Å². The van der Waals surface area contributed by atoms with Crippen molar-refractivity contribution < 1.29 is 5.11 Å². The van der Waals surface area contributed by atoms with E-state index >= 15 is 0 Å². The molecule has 0 aromatic heterocycles. The minimum absolute atomic E-state index is 0.0593. The maximum absolute atomic E-state index is 9.37. The Kier molecular flexibility index (Phi) is 2.35. The van der Waals surface area contributed by atoms with Crippen molar-refractivity contribution in [3.8, 4) is 0 Å². The number of nitrogens with zero attached hydrogens (tertiary/aromatic N) is 2. The van der Waals surface area contributed by atoms with Crippen molar-refractivity contribution in [1.29, 1.82) is 0 Å². The average molecular weight is 170 g/mol. The van der Waals surface area contributed by atoms with E-state index in [1.807, 2.05) is 0 Å². The first kappa shape index (κ1) is 8.48. The Hall–Kier alpha value is -0.120. The molecule has 0 radical (unpaired) electrons. The molecule has 0 aromatic rings. The van der Waals surface area contributed by atoms with Crippen LogP contribution in [0.1, 0.15) is 12.8 Å². The minimum atomic E-state index is -0.0593. The molecule has 0 bridgehead atoms. The van der Waals surface area contributed by atoms with E-state index in [1.54, 1.807) is 0 Å². The van der Waals surface area contributed by atoms with Crippen molar-refractivity contribution in [3.05, 3.63) is 0 Å². The van der Waals surface area contributed by atoms with Crippen LogP contribution in [0, 0.1) is 0 Å². The average Bonchev–Trinajstić information content (AvgIpc) is 2.58. The lowest BCUT2D eigenvalue weighted by atomic mass is 10.2. The molecule has 2 rings (SSSR count). The Balaban J connectivity index is 1.85. The summed E-state index contributed by atoms with van der Waals surface area (Å²) in [6.07, 6.45) is 2.19. The summed E-state index contributed by atoms with van der Waals surface area (Å²) in [5.74, 6) is 0. The van der Waals surface area contributed by atoms with Gasteiger partial charge >= 0.3 is 0 Å². The first-order chi connectivity index (χ1) is 5.75. The van der Waals surface area contributed by atoms with Gasteiger partial charge in [-0.3, -0.25) is 4.90 Å². The molecule has 0 saturated carbocycles. The monoisotopic (exact) mass is 170 g/mol. The van der Waals surface area contributed by atoms with Gasteiger partial charge in [-0.2, -0.15) is 0 Å². The van der Waals surface area contributed by atoms with Crippen molar-refractivity contribution >= 4 is 0 Å². The lowest BCUT2D eigenvalue weighted by Crippen LogP contribution is -2.35. The molecular formula is C9H18N2O. The van der Waals surface area contributed by atoms with E-state index in [-0.39, 0.29) is 6.10 Å². The highest BCUT2D eigenvalue weighted by molar-refractivity contribution is 4.86. The van der Waals surface area contributed by atoms with Gasteiger partial charge in [0.1, 0.15) is 0 Å². The van der Waals surface area contributed by atoms with Crippen LogP contribution in [0.5, 0.6) is 0 Å². The molecule has 2 atom stereocenters. The molecule has 2 unspecified atom stereocenters. The number of aliphatic hydroxyl groups excluding tert-OH is 1. The van der Waals surface area contributed by atoms with Gasteiger partial charge in [0.05, 0.1) is 6.10 Å². The van der Waals surface area contributed by atoms with Gasteiger partial charge in [-0.05, 0) is 26.4 Å². The molecule has 2 heterocycles. The molecule has 12 heavy (non-hydrogen) atoms. The zero-order chi connectivity index (χ0) is 8.55. The first-order valence-corrected chi connectivity index (χ1v) is 4.86. The summed E-state index contributed by atoms with van der Waals surface area (Å²) in [5, 5.41) is 9.37. The highest BCUT2D eigenvalue weighted by atomic mass is 16.3. The quantitative estimate of drug-likeness (QED) is 0.588. The van der Waals surface area contributed by atoms with Crippen LogP contribution >= 0.6 is 0 Å². The SMILES string of the molecule is CN1CCC(N2CCC(O)C2)C1. The third-order valence-electron chi connectivity index (χ3n) is 3.08. The summed E-state index contributed by atoms with van der Waals surface area (Å²) in [6.45, 7) is 4.40. The molecule has 2 saturated heterocycles. The van der Waals surface area contributed by atoms with Gasteiger partial charge in [0.15, 0.2) is 0 Å². The van der Waals surface area contributed by atoms with Crippen molar-refractivity contribution in [3.63, 3.8) is 0 Å². The minimum Gasteiger partial charge on any atom is -0.392 e. The second-order valence-corrected chi connectivity index (χ2v) is 4.14. The van der Waals surface area contributed by atoms with E-state index in [9.17, 15) is 5.11 Å². The van der Waals surface area contributed by atoms with Crippen molar-refractivity contribution in [2.24, 2.45) is 0 Å². The van der Waals surface area contributed by atoms with Gasteiger partial charge in [0.2, 0.25) is 0 Å². The highest BCUT2D eigenvalue weighted by Gasteiger charge is 2.30. The molecule has 2 aliphatic heterocycles. The maximum Gasteiger partial charge on any atom is 0.0679 e. The fraction of sp³-hybridized carbons (Fsp3) is 1.00. The van der Waals surface area contributed by atoms with Crippen LogP contribution in [0.2, 0.25) is 0 Å². The zero-order valence-corrected chi connectivity index (χ0v) is 7.74. The fourth-order valence-corrected chi connectivity index (χ4v) is 2.31. The highest BCUT2D eigenvalue weighted by Crippen LogP contribution is 2.19. The number of hydrogen-bond acceptors (Lipinski definition) is 3. The molecule has 0 aliphatic carbocycles. The largest absolute Gasteiger partial charge is 0.392 e. The number of hydrogen-bond donors (Lipinski definition) is 1. The van der Waals surface area contributed by atoms with E-state index in [0.717, 1.165) is 19.5 Å². The number of aliphatic hydroxyl groups is 1. The second kappa shape index (κ2) is 3.32. The molecule has 0 aromatic carbocycles. The predicted octanol–water partition coefficient (Wildman–Crippen LogP) is -0.243. The number of likely N-dealkylation sites (N-methyl/N-ethyl adjacent to an activating group) is 1. The van der Waals surface area contributed by atoms with E-state index in [0.29, 0.717) is 6.04 Å². The summed E-state index contributed by atoms with van der Waals surface area (Å²) in [6, 6.07) is 0.715. The number of likely N-dealkylation sites (tertiary alicyclic amines) is 2. The Morgan fingerprint density at radius 2 is 2.00 bits per heavy atom. The molecule has 0 amide bonds. The topological polar surface area (TPSA) is 26.7 Å². The van der Waals surface area contributed by atoms with Crippen LogP contribution in [-0.4, -0.2) is 60.3 Å². The molecule has 2 aliphatic rings. The predicted molar refractivity (Wildman–Crippen MR) is 48.1 cm³/mol. The first-order valence-electron chi connectivity index (χ1n) is 4.86. The van der Waals surface area contributed by atoms with Crippen LogP contribution in [0.3, 0.4) is 0 Å². The van der Waals surface area contributed by atoms with E-state index in [1.165, 1.54) is 19.5 Å². The summed E-state index contributed by atoms with van der Waals surface area (Å²) in [5.41, 5.74) is 0. The van der Waals surface area contributed by atoms with Crippen LogP contribution in [-0.2, 0) is 0 Å².